The van der Waals surface area contributed by atoms with Crippen molar-refractivity contribution < 1.29 is 19.7 Å². The molecule has 2 aromatic carbocycles. The molecule has 20 heavy (non-hydrogen) atoms. The average molecular weight is 274 g/mol. The van der Waals surface area contributed by atoms with Crippen LogP contribution in [0.15, 0.2) is 60.7 Å². The average Bonchev–Trinajstić information content (AvgIpc) is 2.49. The summed E-state index contributed by atoms with van der Waals surface area (Å²) < 4.78 is 10.9. The molecule has 0 aromatic heterocycles. The van der Waals surface area contributed by atoms with Crippen LogP contribution >= 0.6 is 0 Å². The molecule has 4 nitrogen and oxygen atoms in total. The maximum Gasteiger partial charge on any atom is 0.258 e. The summed E-state index contributed by atoms with van der Waals surface area (Å²) in [5.74, 6) is -1.04. The summed E-state index contributed by atoms with van der Waals surface area (Å²) in [6.07, 6.45) is 0. The molecule has 4 heteroatoms. The van der Waals surface area contributed by atoms with Gasteiger partial charge in [-0.05, 0) is 12.1 Å². The summed E-state index contributed by atoms with van der Waals surface area (Å²) >= 11 is 0. The van der Waals surface area contributed by atoms with Crippen molar-refractivity contribution in [2.75, 3.05) is 19.8 Å². The first-order valence-electron chi connectivity index (χ1n) is 6.45. The van der Waals surface area contributed by atoms with Crippen LogP contribution in [0.3, 0.4) is 0 Å². The molecule has 106 valence electrons. The summed E-state index contributed by atoms with van der Waals surface area (Å²) in [6.45, 7) is -0.0179. The Morgan fingerprint density at radius 2 is 1.50 bits per heavy atom. The van der Waals surface area contributed by atoms with Crippen LogP contribution in [0.2, 0.25) is 0 Å². The zero-order chi connectivity index (χ0) is 14.3. The van der Waals surface area contributed by atoms with Crippen molar-refractivity contribution in [1.82, 2.24) is 0 Å². The van der Waals surface area contributed by atoms with Crippen molar-refractivity contribution in [1.29, 1.82) is 0 Å². The van der Waals surface area contributed by atoms with Crippen molar-refractivity contribution in [3.05, 3.63) is 66.2 Å². The molecular formula is C16H18O4. The molecule has 0 aliphatic carbocycles. The lowest BCUT2D eigenvalue weighted by atomic mass is 10.1. The second kappa shape index (κ2) is 7.05. The van der Waals surface area contributed by atoms with Crippen LogP contribution in [0.4, 0.5) is 0 Å². The van der Waals surface area contributed by atoms with Crippen LogP contribution < -0.4 is 4.74 Å². The molecule has 0 spiro atoms. The van der Waals surface area contributed by atoms with Crippen LogP contribution in [0.1, 0.15) is 5.56 Å². The summed E-state index contributed by atoms with van der Waals surface area (Å²) in [5.41, 5.74) is 0.599. The second-order valence-corrected chi connectivity index (χ2v) is 4.34. The molecule has 0 aliphatic heterocycles. The van der Waals surface area contributed by atoms with Crippen molar-refractivity contribution in [2.24, 2.45) is 0 Å². The molecule has 0 fully saturated rings. The summed E-state index contributed by atoms with van der Waals surface area (Å²) in [6, 6.07) is 18.1. The van der Waals surface area contributed by atoms with Crippen LogP contribution in [0.5, 0.6) is 5.75 Å². The highest BCUT2D eigenvalue weighted by Gasteiger charge is 2.32. The van der Waals surface area contributed by atoms with Gasteiger partial charge in [0.1, 0.15) is 12.4 Å². The van der Waals surface area contributed by atoms with Crippen LogP contribution in [-0.4, -0.2) is 30.0 Å². The topological polar surface area (TPSA) is 58.9 Å². The third-order valence-corrected chi connectivity index (χ3v) is 2.79. The van der Waals surface area contributed by atoms with Gasteiger partial charge in [0, 0.05) is 5.56 Å². The third kappa shape index (κ3) is 3.81. The molecule has 2 N–H and O–H groups in total. The van der Waals surface area contributed by atoms with Crippen molar-refractivity contribution in [2.45, 2.75) is 5.79 Å². The predicted octanol–water partition coefficient (Wildman–Crippen LogP) is 1.92. The van der Waals surface area contributed by atoms with E-state index >= 15 is 0 Å². The molecule has 2 rings (SSSR count). The Morgan fingerprint density at radius 3 is 2.10 bits per heavy atom. The first-order valence-corrected chi connectivity index (χ1v) is 6.45. The zero-order valence-electron chi connectivity index (χ0n) is 11.1. The number of aliphatic hydroxyl groups excluding tert-OH is 1. The molecule has 0 bridgehead atoms. The molecule has 1 unspecified atom stereocenters. The quantitative estimate of drug-likeness (QED) is 0.598. The van der Waals surface area contributed by atoms with Gasteiger partial charge in [0.15, 0.2) is 0 Å². The van der Waals surface area contributed by atoms with Crippen LogP contribution in [-0.2, 0) is 10.5 Å². The number of rotatable bonds is 7. The minimum Gasteiger partial charge on any atom is -0.456 e. The SMILES string of the molecule is OCCOCC(O)(Oc1ccccc1)c1ccccc1. The molecule has 0 saturated heterocycles. The Morgan fingerprint density at radius 1 is 0.900 bits per heavy atom. The van der Waals surface area contributed by atoms with E-state index in [1.165, 1.54) is 0 Å². The molecule has 0 aliphatic rings. The van der Waals surface area contributed by atoms with Gasteiger partial charge < -0.3 is 19.7 Å². The fraction of sp³-hybridized carbons (Fsp3) is 0.250. The number of hydrogen-bond donors (Lipinski definition) is 2. The largest absolute Gasteiger partial charge is 0.456 e. The number of aliphatic hydroxyl groups is 2. The van der Waals surface area contributed by atoms with Gasteiger partial charge in [0.05, 0.1) is 13.2 Å². The van der Waals surface area contributed by atoms with Gasteiger partial charge in [-0.25, -0.2) is 0 Å². The minimum atomic E-state index is -1.59. The highest BCUT2D eigenvalue weighted by molar-refractivity contribution is 5.26. The second-order valence-electron chi connectivity index (χ2n) is 4.34. The summed E-state index contributed by atoms with van der Waals surface area (Å²) in [4.78, 5) is 0. The fourth-order valence-electron chi connectivity index (χ4n) is 1.83. The lowest BCUT2D eigenvalue weighted by molar-refractivity contribution is -0.187. The Kier molecular flexibility index (Phi) is 5.12. The Balaban J connectivity index is 2.19. The zero-order valence-corrected chi connectivity index (χ0v) is 11.1. The van der Waals surface area contributed by atoms with E-state index in [1.54, 1.807) is 24.3 Å². The van der Waals surface area contributed by atoms with Crippen molar-refractivity contribution in [3.8, 4) is 5.75 Å². The van der Waals surface area contributed by atoms with E-state index < -0.39 is 5.79 Å². The van der Waals surface area contributed by atoms with Gasteiger partial charge in [-0.1, -0.05) is 48.5 Å². The maximum atomic E-state index is 10.7. The van der Waals surface area contributed by atoms with E-state index in [4.69, 9.17) is 14.6 Å². The lowest BCUT2D eigenvalue weighted by Gasteiger charge is -2.29. The van der Waals surface area contributed by atoms with E-state index in [0.29, 0.717) is 11.3 Å². The van der Waals surface area contributed by atoms with Gasteiger partial charge in [-0.3, -0.25) is 0 Å². The highest BCUT2D eigenvalue weighted by Crippen LogP contribution is 2.26. The normalized spacial score (nSPS) is 13.7. The maximum absolute atomic E-state index is 10.7. The predicted molar refractivity (Wildman–Crippen MR) is 75.3 cm³/mol. The van der Waals surface area contributed by atoms with E-state index in [1.807, 2.05) is 36.4 Å². The Bertz CT molecular complexity index is 500. The van der Waals surface area contributed by atoms with Gasteiger partial charge in [0.25, 0.3) is 5.79 Å². The van der Waals surface area contributed by atoms with Crippen LogP contribution in [0, 0.1) is 0 Å². The molecule has 0 heterocycles. The minimum absolute atomic E-state index is 0.0630. The number of hydrogen-bond acceptors (Lipinski definition) is 4. The third-order valence-electron chi connectivity index (χ3n) is 2.79. The molecule has 1 atom stereocenters. The lowest BCUT2D eigenvalue weighted by Crippen LogP contribution is -2.38. The molecule has 0 amide bonds. The smallest absolute Gasteiger partial charge is 0.258 e. The Hall–Kier alpha value is -1.88. The number of ether oxygens (including phenoxy) is 2. The first kappa shape index (κ1) is 14.5. The van der Waals surface area contributed by atoms with Crippen LogP contribution in [0.25, 0.3) is 0 Å². The van der Waals surface area contributed by atoms with Gasteiger partial charge in [-0.2, -0.15) is 0 Å². The molecule has 2 aromatic rings. The van der Waals surface area contributed by atoms with Crippen molar-refractivity contribution >= 4 is 0 Å². The monoisotopic (exact) mass is 274 g/mol. The first-order chi connectivity index (χ1) is 9.74. The summed E-state index contributed by atoms with van der Waals surface area (Å²) in [5, 5.41) is 19.5. The van der Waals surface area contributed by atoms with E-state index in [-0.39, 0.29) is 19.8 Å². The molecule has 0 saturated carbocycles. The van der Waals surface area contributed by atoms with Gasteiger partial charge in [0.2, 0.25) is 0 Å². The molecule has 0 radical (unpaired) electrons. The van der Waals surface area contributed by atoms with E-state index in [0.717, 1.165) is 0 Å². The van der Waals surface area contributed by atoms with Gasteiger partial charge >= 0.3 is 0 Å². The standard InChI is InChI=1S/C16H18O4/c17-11-12-19-13-16(18,14-7-3-1-4-8-14)20-15-9-5-2-6-10-15/h1-10,17-18H,11-13H2. The number of benzene rings is 2. The Labute approximate surface area is 118 Å². The fourth-order valence-corrected chi connectivity index (χ4v) is 1.83. The number of para-hydroxylation sites is 1. The molecular weight excluding hydrogens is 256 g/mol. The van der Waals surface area contributed by atoms with E-state index in [2.05, 4.69) is 0 Å². The van der Waals surface area contributed by atoms with E-state index in [9.17, 15) is 5.11 Å². The summed E-state index contributed by atoms with van der Waals surface area (Å²) in [7, 11) is 0. The highest BCUT2D eigenvalue weighted by atomic mass is 16.6. The van der Waals surface area contributed by atoms with Gasteiger partial charge in [-0.15, -0.1) is 0 Å². The van der Waals surface area contributed by atoms with Crippen molar-refractivity contribution in [3.63, 3.8) is 0 Å².